The van der Waals surface area contributed by atoms with E-state index in [1.807, 2.05) is 25.5 Å². The molecule has 1 rings (SSSR count). The zero-order chi connectivity index (χ0) is 12.6. The number of nitrogens with zero attached hydrogens (tertiary/aromatic N) is 3. The summed E-state index contributed by atoms with van der Waals surface area (Å²) < 4.78 is 25.0. The standard InChI is InChI=1S/C8H14N4O3S/c1-8(2,3)12-5-6(9-11-12)7(13)10-16(4,14)15/h5H,1-4H3,(H,10,13). The highest BCUT2D eigenvalue weighted by atomic mass is 32.2. The van der Waals surface area contributed by atoms with E-state index in [1.54, 1.807) is 0 Å². The molecule has 0 spiro atoms. The average Bonchev–Trinajstić information content (AvgIpc) is 2.46. The molecule has 1 aromatic rings. The lowest BCUT2D eigenvalue weighted by molar-refractivity contribution is 0.0976. The van der Waals surface area contributed by atoms with Crippen molar-refractivity contribution in [2.75, 3.05) is 6.26 Å². The van der Waals surface area contributed by atoms with Crippen LogP contribution in [0, 0.1) is 0 Å². The normalized spacial score (nSPS) is 12.5. The fourth-order valence-corrected chi connectivity index (χ4v) is 1.36. The van der Waals surface area contributed by atoms with Gasteiger partial charge >= 0.3 is 0 Å². The summed E-state index contributed by atoms with van der Waals surface area (Å²) in [6, 6.07) is 0. The molecule has 1 N–H and O–H groups in total. The van der Waals surface area contributed by atoms with Crippen molar-refractivity contribution in [3.8, 4) is 0 Å². The van der Waals surface area contributed by atoms with E-state index in [-0.39, 0.29) is 11.2 Å². The van der Waals surface area contributed by atoms with Crippen LogP contribution in [0.4, 0.5) is 0 Å². The molecule has 16 heavy (non-hydrogen) atoms. The zero-order valence-electron chi connectivity index (χ0n) is 9.55. The summed E-state index contributed by atoms with van der Waals surface area (Å²) in [5.74, 6) is -0.780. The molecular weight excluding hydrogens is 232 g/mol. The van der Waals surface area contributed by atoms with Crippen LogP contribution in [0.25, 0.3) is 0 Å². The van der Waals surface area contributed by atoms with E-state index in [9.17, 15) is 13.2 Å². The van der Waals surface area contributed by atoms with Crippen LogP contribution in [0.5, 0.6) is 0 Å². The molecule has 0 radical (unpaired) electrons. The third-order valence-corrected chi connectivity index (χ3v) is 2.25. The fourth-order valence-electron chi connectivity index (χ4n) is 0.916. The first-order valence-corrected chi connectivity index (χ1v) is 6.44. The SMILES string of the molecule is CC(C)(C)n1cc(C(=O)NS(C)(=O)=O)nn1. The first kappa shape index (κ1) is 12.6. The van der Waals surface area contributed by atoms with E-state index < -0.39 is 15.9 Å². The van der Waals surface area contributed by atoms with Crippen LogP contribution < -0.4 is 4.72 Å². The molecule has 0 atom stereocenters. The Morgan fingerprint density at radius 1 is 1.44 bits per heavy atom. The number of amides is 1. The van der Waals surface area contributed by atoms with Gasteiger partial charge < -0.3 is 0 Å². The summed E-state index contributed by atoms with van der Waals surface area (Å²) in [6.45, 7) is 5.67. The number of carbonyl (C=O) groups is 1. The van der Waals surface area contributed by atoms with Crippen molar-refractivity contribution in [2.24, 2.45) is 0 Å². The molecule has 0 bridgehead atoms. The van der Waals surface area contributed by atoms with Crippen molar-refractivity contribution in [1.82, 2.24) is 19.7 Å². The molecule has 0 aliphatic rings. The number of hydrogen-bond donors (Lipinski definition) is 1. The lowest BCUT2D eigenvalue weighted by atomic mass is 10.1. The number of aromatic nitrogens is 3. The van der Waals surface area contributed by atoms with Gasteiger partial charge in [-0.05, 0) is 20.8 Å². The van der Waals surface area contributed by atoms with Crippen LogP contribution in [0.1, 0.15) is 31.3 Å². The highest BCUT2D eigenvalue weighted by molar-refractivity contribution is 7.89. The number of sulfonamides is 1. The molecule has 1 aromatic heterocycles. The Morgan fingerprint density at radius 3 is 2.38 bits per heavy atom. The Bertz CT molecular complexity index is 498. The summed E-state index contributed by atoms with van der Waals surface area (Å²) >= 11 is 0. The van der Waals surface area contributed by atoms with Crippen LogP contribution in [-0.4, -0.2) is 35.6 Å². The molecule has 1 heterocycles. The third kappa shape index (κ3) is 3.30. The molecule has 0 aromatic carbocycles. The molecule has 0 saturated heterocycles. The summed E-state index contributed by atoms with van der Waals surface area (Å²) in [5.41, 5.74) is -0.336. The predicted molar refractivity (Wildman–Crippen MR) is 57.3 cm³/mol. The molecule has 0 unspecified atom stereocenters. The monoisotopic (exact) mass is 246 g/mol. The van der Waals surface area contributed by atoms with Crippen LogP contribution in [0.2, 0.25) is 0 Å². The molecule has 0 aliphatic heterocycles. The van der Waals surface area contributed by atoms with Gasteiger partial charge in [0.15, 0.2) is 5.69 Å². The van der Waals surface area contributed by atoms with Crippen molar-refractivity contribution in [1.29, 1.82) is 0 Å². The third-order valence-electron chi connectivity index (χ3n) is 1.69. The summed E-state index contributed by atoms with van der Waals surface area (Å²) in [7, 11) is -3.57. The number of nitrogens with one attached hydrogen (secondary N) is 1. The van der Waals surface area contributed by atoms with Gasteiger partial charge in [0.1, 0.15) is 0 Å². The second kappa shape index (κ2) is 3.85. The maximum absolute atomic E-state index is 11.4. The van der Waals surface area contributed by atoms with Gasteiger partial charge in [-0.1, -0.05) is 5.21 Å². The quantitative estimate of drug-likeness (QED) is 0.774. The van der Waals surface area contributed by atoms with E-state index in [0.717, 1.165) is 6.26 Å². The van der Waals surface area contributed by atoms with Crippen molar-refractivity contribution in [3.63, 3.8) is 0 Å². The van der Waals surface area contributed by atoms with E-state index in [0.29, 0.717) is 0 Å². The molecular formula is C8H14N4O3S. The molecule has 8 heteroatoms. The number of rotatable bonds is 2. The van der Waals surface area contributed by atoms with Crippen molar-refractivity contribution in [3.05, 3.63) is 11.9 Å². The molecule has 90 valence electrons. The summed E-state index contributed by atoms with van der Waals surface area (Å²) in [6.07, 6.45) is 2.31. The van der Waals surface area contributed by atoms with Crippen LogP contribution in [-0.2, 0) is 15.6 Å². The first-order chi connectivity index (χ1) is 7.09. The highest BCUT2D eigenvalue weighted by Crippen LogP contribution is 2.11. The predicted octanol–water partition coefficient (Wildman–Crippen LogP) is -0.278. The topological polar surface area (TPSA) is 94.0 Å². The Labute approximate surface area is 93.9 Å². The largest absolute Gasteiger partial charge is 0.286 e. The van der Waals surface area contributed by atoms with Gasteiger partial charge in [0.05, 0.1) is 18.0 Å². The number of carbonyl (C=O) groups excluding carboxylic acids is 1. The van der Waals surface area contributed by atoms with Crippen LogP contribution in [0.3, 0.4) is 0 Å². The van der Waals surface area contributed by atoms with Crippen molar-refractivity contribution < 1.29 is 13.2 Å². The van der Waals surface area contributed by atoms with Gasteiger partial charge in [-0.3, -0.25) is 4.79 Å². The van der Waals surface area contributed by atoms with Crippen LogP contribution >= 0.6 is 0 Å². The maximum atomic E-state index is 11.4. The smallest absolute Gasteiger partial charge is 0.266 e. The highest BCUT2D eigenvalue weighted by Gasteiger charge is 2.19. The van der Waals surface area contributed by atoms with E-state index in [2.05, 4.69) is 10.3 Å². The van der Waals surface area contributed by atoms with Gasteiger partial charge in [-0.15, -0.1) is 5.10 Å². The lowest BCUT2D eigenvalue weighted by Gasteiger charge is -2.17. The summed E-state index contributed by atoms with van der Waals surface area (Å²) in [4.78, 5) is 11.4. The van der Waals surface area contributed by atoms with E-state index in [4.69, 9.17) is 0 Å². The Balaban J connectivity index is 2.91. The van der Waals surface area contributed by atoms with Crippen LogP contribution in [0.15, 0.2) is 6.20 Å². The second-order valence-electron chi connectivity index (χ2n) is 4.42. The van der Waals surface area contributed by atoms with Gasteiger partial charge in [0, 0.05) is 0 Å². The minimum absolute atomic E-state index is 0.0275. The minimum atomic E-state index is -3.57. The first-order valence-electron chi connectivity index (χ1n) is 4.54. The molecule has 0 aliphatic carbocycles. The second-order valence-corrected chi connectivity index (χ2v) is 6.17. The molecule has 1 amide bonds. The molecule has 7 nitrogen and oxygen atoms in total. The maximum Gasteiger partial charge on any atom is 0.286 e. The zero-order valence-corrected chi connectivity index (χ0v) is 10.4. The lowest BCUT2D eigenvalue weighted by Crippen LogP contribution is -2.29. The van der Waals surface area contributed by atoms with Crippen molar-refractivity contribution >= 4 is 15.9 Å². The Morgan fingerprint density at radius 2 is 2.00 bits per heavy atom. The van der Waals surface area contributed by atoms with Gasteiger partial charge in [-0.2, -0.15) is 0 Å². The van der Waals surface area contributed by atoms with Gasteiger partial charge in [0.2, 0.25) is 10.0 Å². The van der Waals surface area contributed by atoms with E-state index in [1.165, 1.54) is 10.9 Å². The fraction of sp³-hybridized carbons (Fsp3) is 0.625. The van der Waals surface area contributed by atoms with Gasteiger partial charge in [-0.25, -0.2) is 17.8 Å². The van der Waals surface area contributed by atoms with E-state index >= 15 is 0 Å². The van der Waals surface area contributed by atoms with Gasteiger partial charge in [0.25, 0.3) is 5.91 Å². The molecule has 0 fully saturated rings. The van der Waals surface area contributed by atoms with Crippen molar-refractivity contribution in [2.45, 2.75) is 26.3 Å². The molecule has 0 saturated carbocycles. The Hall–Kier alpha value is -1.44. The minimum Gasteiger partial charge on any atom is -0.266 e. The number of hydrogen-bond acceptors (Lipinski definition) is 5. The Kier molecular flexibility index (Phi) is 3.04. The summed E-state index contributed by atoms with van der Waals surface area (Å²) in [5, 5.41) is 7.35. The average molecular weight is 246 g/mol.